The monoisotopic (exact) mass is 324 g/mol. The van der Waals surface area contributed by atoms with E-state index in [2.05, 4.69) is 17.0 Å². The molecule has 0 aliphatic rings. The Morgan fingerprint density at radius 2 is 1.90 bits per heavy atom. The fourth-order valence-electron chi connectivity index (χ4n) is 2.11. The summed E-state index contributed by atoms with van der Waals surface area (Å²) in [4.78, 5) is 1.36. The number of thiophene rings is 1. The summed E-state index contributed by atoms with van der Waals surface area (Å²) in [5.74, 6) is 0. The van der Waals surface area contributed by atoms with Gasteiger partial charge in [0.25, 0.3) is 0 Å². The van der Waals surface area contributed by atoms with Crippen molar-refractivity contribution in [1.29, 1.82) is 0 Å². The normalized spacial score (nSPS) is 11.5. The topological polar surface area (TPSA) is 58.2 Å². The molecule has 114 valence electrons. The number of sulfonamides is 1. The Morgan fingerprint density at radius 1 is 1.14 bits per heavy atom. The summed E-state index contributed by atoms with van der Waals surface area (Å²) in [6.07, 6.45) is 0.911. The summed E-state index contributed by atoms with van der Waals surface area (Å²) >= 11 is 1.58. The van der Waals surface area contributed by atoms with Gasteiger partial charge in [-0.25, -0.2) is 13.1 Å². The van der Waals surface area contributed by atoms with Crippen LogP contribution in [0.3, 0.4) is 0 Å². The SMILES string of the molecule is CCNc1ccccc1S(=O)(=O)NCc1sccc1CC. The van der Waals surface area contributed by atoms with E-state index in [4.69, 9.17) is 0 Å². The lowest BCUT2D eigenvalue weighted by molar-refractivity contribution is 0.582. The molecule has 2 aromatic rings. The minimum atomic E-state index is -3.52. The van der Waals surface area contributed by atoms with Gasteiger partial charge in [-0.3, -0.25) is 0 Å². The van der Waals surface area contributed by atoms with Crippen molar-refractivity contribution in [3.05, 3.63) is 46.2 Å². The van der Waals surface area contributed by atoms with Crippen LogP contribution >= 0.6 is 11.3 Å². The number of aryl methyl sites for hydroxylation is 1. The molecule has 0 saturated carbocycles. The van der Waals surface area contributed by atoms with Crippen molar-refractivity contribution in [1.82, 2.24) is 4.72 Å². The van der Waals surface area contributed by atoms with Crippen molar-refractivity contribution in [2.24, 2.45) is 0 Å². The van der Waals surface area contributed by atoms with E-state index in [0.717, 1.165) is 11.3 Å². The van der Waals surface area contributed by atoms with E-state index in [1.807, 2.05) is 24.4 Å². The van der Waals surface area contributed by atoms with Crippen LogP contribution in [0.5, 0.6) is 0 Å². The standard InChI is InChI=1S/C15H20N2O2S2/c1-3-12-9-10-20-14(12)11-17-21(18,19)15-8-6-5-7-13(15)16-4-2/h5-10,16-17H,3-4,11H2,1-2H3. The average molecular weight is 324 g/mol. The molecule has 0 amide bonds. The maximum Gasteiger partial charge on any atom is 0.242 e. The van der Waals surface area contributed by atoms with Crippen molar-refractivity contribution < 1.29 is 8.42 Å². The maximum absolute atomic E-state index is 12.5. The molecule has 1 aromatic heterocycles. The number of hydrogen-bond acceptors (Lipinski definition) is 4. The minimum Gasteiger partial charge on any atom is -0.384 e. The molecular formula is C15H20N2O2S2. The highest BCUT2D eigenvalue weighted by Crippen LogP contribution is 2.22. The zero-order chi connectivity index (χ0) is 15.3. The molecule has 4 nitrogen and oxygen atoms in total. The molecule has 2 rings (SSSR count). The highest BCUT2D eigenvalue weighted by Gasteiger charge is 2.18. The van der Waals surface area contributed by atoms with Crippen LogP contribution in [0.15, 0.2) is 40.6 Å². The molecule has 0 bridgehead atoms. The van der Waals surface area contributed by atoms with E-state index < -0.39 is 10.0 Å². The highest BCUT2D eigenvalue weighted by molar-refractivity contribution is 7.89. The summed E-state index contributed by atoms with van der Waals surface area (Å²) < 4.78 is 27.6. The zero-order valence-corrected chi connectivity index (χ0v) is 13.9. The van der Waals surface area contributed by atoms with Crippen molar-refractivity contribution in [2.45, 2.75) is 31.7 Å². The number of rotatable bonds is 7. The van der Waals surface area contributed by atoms with Crippen molar-refractivity contribution >= 4 is 27.0 Å². The van der Waals surface area contributed by atoms with Crippen LogP contribution in [0.25, 0.3) is 0 Å². The Bertz CT molecular complexity index is 693. The lowest BCUT2D eigenvalue weighted by atomic mass is 10.2. The Hall–Kier alpha value is -1.37. The van der Waals surface area contributed by atoms with Gasteiger partial charge in [0.1, 0.15) is 4.90 Å². The third-order valence-electron chi connectivity index (χ3n) is 3.19. The second kappa shape index (κ2) is 7.06. The predicted molar refractivity (Wildman–Crippen MR) is 88.3 cm³/mol. The van der Waals surface area contributed by atoms with Gasteiger partial charge >= 0.3 is 0 Å². The molecule has 0 saturated heterocycles. The molecule has 0 aliphatic carbocycles. The Labute approximate surface area is 130 Å². The molecule has 0 atom stereocenters. The van der Waals surface area contributed by atoms with Gasteiger partial charge in [-0.05, 0) is 42.5 Å². The molecule has 0 unspecified atom stereocenters. The van der Waals surface area contributed by atoms with E-state index >= 15 is 0 Å². The van der Waals surface area contributed by atoms with Crippen LogP contribution in [0, 0.1) is 0 Å². The number of hydrogen-bond donors (Lipinski definition) is 2. The van der Waals surface area contributed by atoms with Gasteiger partial charge in [-0.15, -0.1) is 11.3 Å². The van der Waals surface area contributed by atoms with Crippen LogP contribution < -0.4 is 10.0 Å². The van der Waals surface area contributed by atoms with Gasteiger partial charge in [-0.2, -0.15) is 0 Å². The van der Waals surface area contributed by atoms with E-state index in [9.17, 15) is 8.42 Å². The van der Waals surface area contributed by atoms with Gasteiger partial charge in [0, 0.05) is 18.0 Å². The second-order valence-corrected chi connectivity index (χ2v) is 7.31. The molecule has 0 fully saturated rings. The van der Waals surface area contributed by atoms with E-state index in [-0.39, 0.29) is 0 Å². The molecule has 6 heteroatoms. The van der Waals surface area contributed by atoms with Gasteiger partial charge in [0.15, 0.2) is 0 Å². The summed E-state index contributed by atoms with van der Waals surface area (Å²) in [5, 5.41) is 5.08. The van der Waals surface area contributed by atoms with E-state index in [0.29, 0.717) is 23.7 Å². The number of nitrogens with one attached hydrogen (secondary N) is 2. The number of para-hydroxylation sites is 1. The average Bonchev–Trinajstić information content (AvgIpc) is 2.93. The molecule has 1 heterocycles. The van der Waals surface area contributed by atoms with Gasteiger partial charge in [0.05, 0.1) is 5.69 Å². The van der Waals surface area contributed by atoms with Crippen LogP contribution in [-0.4, -0.2) is 15.0 Å². The lowest BCUT2D eigenvalue weighted by Gasteiger charge is -2.12. The summed E-state index contributed by atoms with van der Waals surface area (Å²) in [7, 11) is -3.52. The van der Waals surface area contributed by atoms with Crippen LogP contribution in [0.1, 0.15) is 24.3 Å². The van der Waals surface area contributed by atoms with Crippen LogP contribution in [0.4, 0.5) is 5.69 Å². The van der Waals surface area contributed by atoms with Gasteiger partial charge in [0.2, 0.25) is 10.0 Å². The summed E-state index contributed by atoms with van der Waals surface area (Å²) in [5.41, 5.74) is 1.83. The zero-order valence-electron chi connectivity index (χ0n) is 12.2. The third kappa shape index (κ3) is 3.84. The predicted octanol–water partition coefficient (Wildman–Crippen LogP) is 3.22. The largest absolute Gasteiger partial charge is 0.384 e. The Morgan fingerprint density at radius 3 is 2.62 bits per heavy atom. The molecule has 0 aliphatic heterocycles. The first kappa shape index (κ1) is 16.0. The molecule has 1 aromatic carbocycles. The molecule has 0 radical (unpaired) electrons. The van der Waals surface area contributed by atoms with Gasteiger partial charge < -0.3 is 5.32 Å². The molecule has 21 heavy (non-hydrogen) atoms. The fourth-order valence-corrected chi connectivity index (χ4v) is 4.30. The second-order valence-electron chi connectivity index (χ2n) is 4.57. The van der Waals surface area contributed by atoms with Crippen LogP contribution in [0.2, 0.25) is 0 Å². The first-order valence-electron chi connectivity index (χ1n) is 6.96. The highest BCUT2D eigenvalue weighted by atomic mass is 32.2. The van der Waals surface area contributed by atoms with E-state index in [1.54, 1.807) is 29.5 Å². The molecule has 2 N–H and O–H groups in total. The molecular weight excluding hydrogens is 304 g/mol. The lowest BCUT2D eigenvalue weighted by Crippen LogP contribution is -2.24. The van der Waals surface area contributed by atoms with Crippen LogP contribution in [-0.2, 0) is 23.0 Å². The third-order valence-corrected chi connectivity index (χ3v) is 5.61. The fraction of sp³-hybridized carbons (Fsp3) is 0.333. The van der Waals surface area contributed by atoms with Crippen molar-refractivity contribution in [3.63, 3.8) is 0 Å². The Balaban J connectivity index is 2.19. The maximum atomic E-state index is 12.5. The minimum absolute atomic E-state index is 0.293. The first-order valence-corrected chi connectivity index (χ1v) is 9.32. The Kier molecular flexibility index (Phi) is 5.39. The van der Waals surface area contributed by atoms with Crippen molar-refractivity contribution in [2.75, 3.05) is 11.9 Å². The quantitative estimate of drug-likeness (QED) is 0.822. The van der Waals surface area contributed by atoms with Gasteiger partial charge in [-0.1, -0.05) is 19.1 Å². The smallest absolute Gasteiger partial charge is 0.242 e. The van der Waals surface area contributed by atoms with Crippen molar-refractivity contribution in [3.8, 4) is 0 Å². The first-order chi connectivity index (χ1) is 10.1. The number of anilines is 1. The summed E-state index contributed by atoms with van der Waals surface area (Å²) in [6, 6.07) is 9.00. The number of benzene rings is 1. The molecule has 0 spiro atoms. The van der Waals surface area contributed by atoms with E-state index in [1.165, 1.54) is 5.56 Å². The summed E-state index contributed by atoms with van der Waals surface area (Å²) in [6.45, 7) is 5.03.